The molecule has 29 heavy (non-hydrogen) atoms. The second-order valence-electron chi connectivity index (χ2n) is 8.65. The lowest BCUT2D eigenvalue weighted by molar-refractivity contribution is -0.153. The van der Waals surface area contributed by atoms with Crippen LogP contribution in [0.4, 0.5) is 0 Å². The molecule has 0 bridgehead atoms. The summed E-state index contributed by atoms with van der Waals surface area (Å²) < 4.78 is 17.8. The highest BCUT2D eigenvalue weighted by molar-refractivity contribution is 6.99. The molecular formula is C24H32O4Si. The molecule has 0 unspecified atom stereocenters. The van der Waals surface area contributed by atoms with Crippen molar-refractivity contribution in [3.8, 4) is 0 Å². The fourth-order valence-corrected chi connectivity index (χ4v) is 8.85. The lowest BCUT2D eigenvalue weighted by Gasteiger charge is -2.43. The zero-order valence-corrected chi connectivity index (χ0v) is 18.9. The number of hydrogen-bond acceptors (Lipinski definition) is 4. The van der Waals surface area contributed by atoms with Crippen molar-refractivity contribution in [3.05, 3.63) is 60.7 Å². The van der Waals surface area contributed by atoms with Crippen LogP contribution in [0.15, 0.2) is 60.7 Å². The van der Waals surface area contributed by atoms with Crippen LogP contribution in [0.25, 0.3) is 0 Å². The van der Waals surface area contributed by atoms with Crippen LogP contribution in [0, 0.1) is 5.92 Å². The van der Waals surface area contributed by atoms with Crippen molar-refractivity contribution in [2.45, 2.75) is 45.3 Å². The van der Waals surface area contributed by atoms with Crippen LogP contribution < -0.4 is 10.4 Å². The number of rotatable bonds is 7. The minimum absolute atomic E-state index is 0.0598. The lowest BCUT2D eigenvalue weighted by atomic mass is 10.1. The molecule has 4 nitrogen and oxygen atoms in total. The van der Waals surface area contributed by atoms with Gasteiger partial charge in [-0.15, -0.1) is 0 Å². The molecule has 1 aliphatic rings. The Morgan fingerprint density at radius 2 is 1.59 bits per heavy atom. The largest absolute Gasteiger partial charge is 0.464 e. The third-order valence-corrected chi connectivity index (χ3v) is 10.6. The van der Waals surface area contributed by atoms with Gasteiger partial charge in [0.15, 0.2) is 6.10 Å². The van der Waals surface area contributed by atoms with Gasteiger partial charge in [0.05, 0.1) is 13.2 Å². The zero-order chi connectivity index (χ0) is 20.9. The van der Waals surface area contributed by atoms with Gasteiger partial charge in [-0.05, 0) is 28.8 Å². The van der Waals surface area contributed by atoms with Crippen molar-refractivity contribution in [1.82, 2.24) is 0 Å². The van der Waals surface area contributed by atoms with E-state index in [2.05, 4.69) is 69.3 Å². The Morgan fingerprint density at radius 3 is 2.07 bits per heavy atom. The molecule has 0 spiro atoms. The van der Waals surface area contributed by atoms with Gasteiger partial charge in [-0.25, -0.2) is 4.79 Å². The fraction of sp³-hybridized carbons (Fsp3) is 0.458. The van der Waals surface area contributed by atoms with E-state index < -0.39 is 14.4 Å². The van der Waals surface area contributed by atoms with Gasteiger partial charge in [-0.2, -0.15) is 0 Å². The first-order valence-electron chi connectivity index (χ1n) is 10.4. The maximum Gasteiger partial charge on any atom is 0.335 e. The number of carbonyl (C=O) groups is 1. The molecule has 0 amide bonds. The molecule has 2 aromatic carbocycles. The fourth-order valence-electron chi connectivity index (χ4n) is 4.21. The van der Waals surface area contributed by atoms with Crippen molar-refractivity contribution in [3.63, 3.8) is 0 Å². The van der Waals surface area contributed by atoms with Gasteiger partial charge in [0.2, 0.25) is 0 Å². The van der Waals surface area contributed by atoms with E-state index in [1.54, 1.807) is 0 Å². The molecule has 2 aromatic rings. The first-order chi connectivity index (χ1) is 13.9. The van der Waals surface area contributed by atoms with E-state index in [4.69, 9.17) is 13.9 Å². The van der Waals surface area contributed by atoms with Crippen LogP contribution in [0.1, 0.15) is 34.1 Å². The van der Waals surface area contributed by atoms with Gasteiger partial charge < -0.3 is 13.9 Å². The smallest absolute Gasteiger partial charge is 0.335 e. The minimum Gasteiger partial charge on any atom is -0.464 e. The summed E-state index contributed by atoms with van der Waals surface area (Å²) in [6.07, 6.45) is 0.180. The van der Waals surface area contributed by atoms with Gasteiger partial charge in [0.25, 0.3) is 8.32 Å². The third-order valence-electron chi connectivity index (χ3n) is 5.58. The molecular weight excluding hydrogens is 380 g/mol. The molecule has 156 valence electrons. The average molecular weight is 413 g/mol. The predicted molar refractivity (Wildman–Crippen MR) is 118 cm³/mol. The highest BCUT2D eigenvalue weighted by atomic mass is 28.4. The van der Waals surface area contributed by atoms with Crippen molar-refractivity contribution < 1.29 is 18.7 Å². The molecule has 1 saturated heterocycles. The molecule has 0 saturated carbocycles. The first-order valence-corrected chi connectivity index (χ1v) is 12.3. The topological polar surface area (TPSA) is 44.8 Å². The maximum absolute atomic E-state index is 12.0. The number of ether oxygens (including phenoxy) is 2. The molecule has 1 fully saturated rings. The van der Waals surface area contributed by atoms with Gasteiger partial charge in [-0.3, -0.25) is 0 Å². The van der Waals surface area contributed by atoms with Crippen LogP contribution in [-0.2, 0) is 18.7 Å². The molecule has 3 rings (SSSR count). The Balaban J connectivity index is 1.88. The Hall–Kier alpha value is -1.95. The first kappa shape index (κ1) is 21.7. The highest BCUT2D eigenvalue weighted by Crippen LogP contribution is 2.37. The van der Waals surface area contributed by atoms with Gasteiger partial charge in [0.1, 0.15) is 0 Å². The molecule has 0 radical (unpaired) electrons. The van der Waals surface area contributed by atoms with Crippen molar-refractivity contribution >= 4 is 24.7 Å². The predicted octanol–water partition coefficient (Wildman–Crippen LogP) is 3.53. The Labute approximate surface area is 175 Å². The molecule has 0 aromatic heterocycles. The van der Waals surface area contributed by atoms with E-state index in [0.29, 0.717) is 26.2 Å². The summed E-state index contributed by atoms with van der Waals surface area (Å²) in [5.74, 6) is -0.0773. The molecule has 1 aliphatic heterocycles. The summed E-state index contributed by atoms with van der Waals surface area (Å²) in [6, 6.07) is 21.2. The molecule has 2 atom stereocenters. The van der Waals surface area contributed by atoms with E-state index in [9.17, 15) is 4.79 Å². The van der Waals surface area contributed by atoms with E-state index in [-0.39, 0.29) is 16.9 Å². The molecule has 0 aliphatic carbocycles. The quantitative estimate of drug-likeness (QED) is 0.515. The zero-order valence-electron chi connectivity index (χ0n) is 17.9. The summed E-state index contributed by atoms with van der Waals surface area (Å²) >= 11 is 0. The Kier molecular flexibility index (Phi) is 6.93. The summed E-state index contributed by atoms with van der Waals surface area (Å²) in [7, 11) is -2.55. The van der Waals surface area contributed by atoms with Gasteiger partial charge in [-0.1, -0.05) is 81.4 Å². The number of hydrogen-bond donors (Lipinski definition) is 0. The SMILES string of the molecule is CCOC(=O)[C@H]1C[C@@H](CO[Si](c2ccccc2)(c2ccccc2)C(C)(C)C)CO1. The second-order valence-corrected chi connectivity index (χ2v) is 13.0. The molecule has 0 N–H and O–H groups in total. The van der Waals surface area contributed by atoms with Gasteiger partial charge >= 0.3 is 5.97 Å². The normalized spacial score (nSPS) is 19.9. The van der Waals surface area contributed by atoms with Gasteiger partial charge in [0, 0.05) is 12.5 Å². The van der Waals surface area contributed by atoms with E-state index in [1.807, 2.05) is 19.1 Å². The second kappa shape index (κ2) is 9.24. The Bertz CT molecular complexity index is 746. The van der Waals surface area contributed by atoms with Crippen LogP contribution in [0.3, 0.4) is 0 Å². The standard InChI is InChI=1S/C24H32O4Si/c1-5-26-23(25)22-16-19(17-27-22)18-28-29(24(2,3)4,20-12-8-6-9-13-20)21-14-10-7-11-15-21/h6-15,19,22H,5,16-18H2,1-4H3/t19-,22-/m1/s1. The lowest BCUT2D eigenvalue weighted by Crippen LogP contribution is -2.66. The van der Waals surface area contributed by atoms with Crippen molar-refractivity contribution in [1.29, 1.82) is 0 Å². The number of esters is 1. The third kappa shape index (κ3) is 4.63. The minimum atomic E-state index is -2.55. The molecule has 1 heterocycles. The van der Waals surface area contributed by atoms with E-state index in [0.717, 1.165) is 0 Å². The number of carbonyl (C=O) groups excluding carboxylic acids is 1. The van der Waals surface area contributed by atoms with Crippen LogP contribution in [0.2, 0.25) is 5.04 Å². The summed E-state index contributed by atoms with van der Waals surface area (Å²) in [6.45, 7) is 10.1. The van der Waals surface area contributed by atoms with Crippen LogP contribution >= 0.6 is 0 Å². The van der Waals surface area contributed by atoms with E-state index in [1.165, 1.54) is 10.4 Å². The van der Waals surface area contributed by atoms with Crippen LogP contribution in [0.5, 0.6) is 0 Å². The Morgan fingerprint density at radius 1 is 1.03 bits per heavy atom. The number of benzene rings is 2. The summed E-state index contributed by atoms with van der Waals surface area (Å²) in [5, 5.41) is 2.47. The van der Waals surface area contributed by atoms with Crippen LogP contribution in [-0.4, -0.2) is 40.2 Å². The molecule has 5 heteroatoms. The summed E-state index contributed by atoms with van der Waals surface area (Å²) in [5.41, 5.74) is 0. The van der Waals surface area contributed by atoms with Crippen molar-refractivity contribution in [2.75, 3.05) is 19.8 Å². The average Bonchev–Trinajstić information content (AvgIpc) is 3.18. The van der Waals surface area contributed by atoms with E-state index >= 15 is 0 Å². The highest BCUT2D eigenvalue weighted by Gasteiger charge is 2.50. The summed E-state index contributed by atoms with van der Waals surface area (Å²) in [4.78, 5) is 12.0. The monoisotopic (exact) mass is 412 g/mol. The van der Waals surface area contributed by atoms with Crippen molar-refractivity contribution in [2.24, 2.45) is 5.92 Å². The maximum atomic E-state index is 12.0.